The number of carbonyl (C=O) groups is 1. The molecular formula is C22H20ClFN4O3S. The molecule has 1 aliphatic heterocycles. The molecule has 3 aromatic rings. The van der Waals surface area contributed by atoms with Crippen molar-refractivity contribution in [2.75, 3.05) is 31.1 Å². The molecule has 2 aromatic carbocycles. The van der Waals surface area contributed by atoms with E-state index >= 15 is 0 Å². The summed E-state index contributed by atoms with van der Waals surface area (Å²) in [6.07, 6.45) is 1.85. The number of hydrogen-bond donors (Lipinski definition) is 0. The van der Waals surface area contributed by atoms with Gasteiger partial charge in [-0.05, 0) is 36.4 Å². The minimum atomic E-state index is -4.20. The SMILES string of the molecule is O=C(c1ccc(Cl)c(S(=O)(=O)[N-]c2ccc(F)cc2)c1)N1CCN(c2cccc[nH+]2)CC1. The average molecular weight is 475 g/mol. The van der Waals surface area contributed by atoms with Crippen molar-refractivity contribution in [3.63, 3.8) is 0 Å². The Bertz CT molecular complexity index is 1220. The first-order valence-electron chi connectivity index (χ1n) is 9.87. The molecule has 0 atom stereocenters. The van der Waals surface area contributed by atoms with Crippen LogP contribution in [0.5, 0.6) is 0 Å². The van der Waals surface area contributed by atoms with Crippen LogP contribution >= 0.6 is 11.6 Å². The number of aromatic amines is 1. The number of carbonyl (C=O) groups excluding carboxylic acids is 1. The molecule has 0 radical (unpaired) electrons. The monoisotopic (exact) mass is 474 g/mol. The summed E-state index contributed by atoms with van der Waals surface area (Å²) in [4.78, 5) is 19.7. The Morgan fingerprint density at radius 1 is 1.00 bits per heavy atom. The van der Waals surface area contributed by atoms with E-state index in [1.54, 1.807) is 4.90 Å². The minimum Gasteiger partial charge on any atom is -0.573 e. The van der Waals surface area contributed by atoms with Crippen molar-refractivity contribution in [3.8, 4) is 0 Å². The molecule has 1 saturated heterocycles. The zero-order valence-corrected chi connectivity index (χ0v) is 18.5. The van der Waals surface area contributed by atoms with Crippen molar-refractivity contribution >= 4 is 39.0 Å². The summed E-state index contributed by atoms with van der Waals surface area (Å²) < 4.78 is 42.3. The summed E-state index contributed by atoms with van der Waals surface area (Å²) in [5, 5.41) is -0.0446. The zero-order valence-electron chi connectivity index (χ0n) is 16.9. The predicted octanol–water partition coefficient (Wildman–Crippen LogP) is 3.65. The van der Waals surface area contributed by atoms with Gasteiger partial charge in [0.25, 0.3) is 11.7 Å². The predicted molar refractivity (Wildman–Crippen MR) is 119 cm³/mol. The number of benzene rings is 2. The third kappa shape index (κ3) is 4.84. The number of nitrogens with one attached hydrogen (secondary N) is 1. The largest absolute Gasteiger partial charge is 0.573 e. The number of H-pyrrole nitrogens is 1. The molecule has 1 aliphatic rings. The van der Waals surface area contributed by atoms with Gasteiger partial charge in [-0.15, -0.1) is 5.69 Å². The average Bonchev–Trinajstić information content (AvgIpc) is 2.81. The number of sulfonamides is 1. The fourth-order valence-corrected chi connectivity index (χ4v) is 4.94. The Morgan fingerprint density at radius 2 is 1.72 bits per heavy atom. The lowest BCUT2D eigenvalue weighted by molar-refractivity contribution is -0.364. The van der Waals surface area contributed by atoms with E-state index in [0.717, 1.165) is 18.0 Å². The number of piperazine rings is 1. The van der Waals surface area contributed by atoms with E-state index in [-0.39, 0.29) is 27.1 Å². The van der Waals surface area contributed by atoms with E-state index in [1.165, 1.54) is 30.3 Å². The molecule has 4 rings (SSSR count). The third-order valence-corrected chi connectivity index (χ3v) is 6.89. The lowest BCUT2D eigenvalue weighted by atomic mass is 10.2. The molecule has 2 heterocycles. The van der Waals surface area contributed by atoms with Crippen molar-refractivity contribution < 1.29 is 22.6 Å². The first-order valence-corrected chi connectivity index (χ1v) is 11.7. The molecule has 1 N–H and O–H groups in total. The third-order valence-electron chi connectivity index (χ3n) is 5.11. The normalized spacial score (nSPS) is 14.3. The van der Waals surface area contributed by atoms with Crippen molar-refractivity contribution in [2.24, 2.45) is 0 Å². The zero-order chi connectivity index (χ0) is 22.7. The molecule has 0 saturated carbocycles. The highest BCUT2D eigenvalue weighted by molar-refractivity contribution is 7.94. The van der Waals surface area contributed by atoms with Crippen LogP contribution in [0, 0.1) is 5.82 Å². The van der Waals surface area contributed by atoms with Gasteiger partial charge in [0.1, 0.15) is 28.9 Å². The number of amides is 1. The smallest absolute Gasteiger partial charge is 0.274 e. The van der Waals surface area contributed by atoms with Crippen molar-refractivity contribution in [1.29, 1.82) is 0 Å². The van der Waals surface area contributed by atoms with Crippen LogP contribution in [-0.4, -0.2) is 45.4 Å². The highest BCUT2D eigenvalue weighted by Gasteiger charge is 2.27. The highest BCUT2D eigenvalue weighted by atomic mass is 35.5. The molecule has 1 aromatic heterocycles. The fraction of sp³-hybridized carbons (Fsp3) is 0.182. The lowest BCUT2D eigenvalue weighted by Crippen LogP contribution is -2.50. The van der Waals surface area contributed by atoms with Crippen LogP contribution in [0.1, 0.15) is 10.4 Å². The number of anilines is 1. The molecule has 0 unspecified atom stereocenters. The van der Waals surface area contributed by atoms with Gasteiger partial charge in [-0.2, -0.15) is 0 Å². The molecule has 1 amide bonds. The van der Waals surface area contributed by atoms with Crippen molar-refractivity contribution in [3.05, 3.63) is 88.0 Å². The Labute approximate surface area is 190 Å². The standard InChI is InChI=1S/C22H19ClFN4O3S/c23-19-9-4-16(15-20(19)32(30,31)26-18-7-5-17(24)6-8-18)22(29)28-13-11-27(12-14-28)21-3-1-2-10-25-21/h1-10,15H,11-14H2/q-1/p+1. The molecular weight excluding hydrogens is 455 g/mol. The van der Waals surface area contributed by atoms with Gasteiger partial charge in [-0.25, -0.2) is 17.8 Å². The summed E-state index contributed by atoms with van der Waals surface area (Å²) in [6, 6.07) is 14.6. The Hall–Kier alpha value is -3.17. The fourth-order valence-electron chi connectivity index (χ4n) is 3.44. The molecule has 10 heteroatoms. The Morgan fingerprint density at radius 3 is 2.38 bits per heavy atom. The Kier molecular flexibility index (Phi) is 6.29. The molecule has 7 nitrogen and oxygen atoms in total. The van der Waals surface area contributed by atoms with Gasteiger partial charge in [0.2, 0.25) is 0 Å². The number of rotatable bonds is 5. The van der Waals surface area contributed by atoms with Crippen LogP contribution < -0.4 is 9.88 Å². The van der Waals surface area contributed by atoms with Gasteiger partial charge in [-0.3, -0.25) is 9.69 Å². The number of halogens is 2. The van der Waals surface area contributed by atoms with Crippen LogP contribution in [0.3, 0.4) is 0 Å². The van der Waals surface area contributed by atoms with Crippen molar-refractivity contribution in [1.82, 2.24) is 4.90 Å². The second-order valence-electron chi connectivity index (χ2n) is 7.22. The summed E-state index contributed by atoms with van der Waals surface area (Å²) in [7, 11) is -4.20. The number of hydrogen-bond acceptors (Lipinski definition) is 4. The van der Waals surface area contributed by atoms with E-state index in [1.807, 2.05) is 24.4 Å². The molecule has 32 heavy (non-hydrogen) atoms. The molecule has 0 spiro atoms. The van der Waals surface area contributed by atoms with Crippen molar-refractivity contribution in [2.45, 2.75) is 4.90 Å². The van der Waals surface area contributed by atoms with E-state index in [9.17, 15) is 17.6 Å². The summed E-state index contributed by atoms with van der Waals surface area (Å²) in [6.45, 7) is 2.27. The quantitative estimate of drug-likeness (QED) is 0.565. The molecule has 1 fully saturated rings. The number of aromatic nitrogens is 1. The second kappa shape index (κ2) is 9.13. The van der Waals surface area contributed by atoms with Crippen LogP contribution in [0.4, 0.5) is 15.9 Å². The van der Waals surface area contributed by atoms with Crippen LogP contribution in [-0.2, 0) is 10.0 Å². The van der Waals surface area contributed by atoms with E-state index in [0.29, 0.717) is 26.2 Å². The Balaban J connectivity index is 1.49. The van der Waals surface area contributed by atoms with E-state index in [2.05, 4.69) is 14.6 Å². The maximum absolute atomic E-state index is 13.1. The van der Waals surface area contributed by atoms with E-state index < -0.39 is 15.8 Å². The highest BCUT2D eigenvalue weighted by Crippen LogP contribution is 2.32. The van der Waals surface area contributed by atoms with Crippen LogP contribution in [0.2, 0.25) is 5.02 Å². The summed E-state index contributed by atoms with van der Waals surface area (Å²) in [5.74, 6) is 0.190. The van der Waals surface area contributed by atoms with Gasteiger partial charge in [0.15, 0.2) is 0 Å². The van der Waals surface area contributed by atoms with Gasteiger partial charge in [-0.1, -0.05) is 29.8 Å². The lowest BCUT2D eigenvalue weighted by Gasteiger charge is -2.31. The maximum atomic E-state index is 13.1. The van der Waals surface area contributed by atoms with Crippen LogP contribution in [0.15, 0.2) is 71.8 Å². The first kappa shape index (κ1) is 22.0. The van der Waals surface area contributed by atoms with Gasteiger partial charge in [0, 0.05) is 11.6 Å². The van der Waals surface area contributed by atoms with E-state index in [4.69, 9.17) is 11.6 Å². The maximum Gasteiger partial charge on any atom is 0.274 e. The topological polar surface area (TPSA) is 85.9 Å². The van der Waals surface area contributed by atoms with Crippen LogP contribution in [0.25, 0.3) is 4.72 Å². The van der Waals surface area contributed by atoms with Gasteiger partial charge < -0.3 is 9.62 Å². The summed E-state index contributed by atoms with van der Waals surface area (Å²) >= 11 is 6.12. The molecule has 0 bridgehead atoms. The number of pyridine rings is 1. The minimum absolute atomic E-state index is 0.0446. The molecule has 166 valence electrons. The second-order valence-corrected chi connectivity index (χ2v) is 9.19. The van der Waals surface area contributed by atoms with Gasteiger partial charge >= 0.3 is 0 Å². The first-order chi connectivity index (χ1) is 15.3. The van der Waals surface area contributed by atoms with Gasteiger partial charge in [0.05, 0.1) is 29.2 Å². The molecule has 0 aliphatic carbocycles. The number of nitrogens with zero attached hydrogens (tertiary/aromatic N) is 3. The summed E-state index contributed by atoms with van der Waals surface area (Å²) in [5.41, 5.74) is 0.273.